The molecule has 0 saturated carbocycles. The van der Waals surface area contributed by atoms with Gasteiger partial charge in [-0.3, -0.25) is 23.5 Å². The molecule has 0 bridgehead atoms. The van der Waals surface area contributed by atoms with E-state index < -0.39 is 27.2 Å². The van der Waals surface area contributed by atoms with E-state index in [4.69, 9.17) is 5.73 Å². The maximum atomic E-state index is 13.4. The van der Waals surface area contributed by atoms with Crippen molar-refractivity contribution in [2.75, 3.05) is 29.8 Å². The van der Waals surface area contributed by atoms with Crippen LogP contribution in [0.3, 0.4) is 0 Å². The number of nitrogens with zero attached hydrogens (tertiary/aromatic N) is 2. The fourth-order valence-corrected chi connectivity index (χ4v) is 5.26. The van der Waals surface area contributed by atoms with Gasteiger partial charge in [0.2, 0.25) is 0 Å². The highest BCUT2D eigenvalue weighted by Crippen LogP contribution is 2.29. The van der Waals surface area contributed by atoms with Gasteiger partial charge in [0.15, 0.2) is 0 Å². The van der Waals surface area contributed by atoms with Crippen molar-refractivity contribution in [3.05, 3.63) is 57.4 Å². The van der Waals surface area contributed by atoms with Gasteiger partial charge in [-0.25, -0.2) is 4.72 Å². The first kappa shape index (κ1) is 25.2. The van der Waals surface area contributed by atoms with Crippen LogP contribution in [0.5, 0.6) is 0 Å². The van der Waals surface area contributed by atoms with Crippen molar-refractivity contribution in [3.8, 4) is 0 Å². The van der Waals surface area contributed by atoms with Gasteiger partial charge in [0.25, 0.3) is 17.4 Å². The molecule has 0 fully saturated rings. The number of anilines is 2. The summed E-state index contributed by atoms with van der Waals surface area (Å²) in [6.07, 6.45) is 1.73. The Labute approximate surface area is 200 Å². The van der Waals surface area contributed by atoms with Crippen LogP contribution < -0.4 is 20.7 Å². The van der Waals surface area contributed by atoms with Crippen molar-refractivity contribution >= 4 is 50.9 Å². The van der Waals surface area contributed by atoms with Gasteiger partial charge in [-0.1, -0.05) is 18.2 Å². The molecule has 0 spiro atoms. The van der Waals surface area contributed by atoms with Gasteiger partial charge in [0, 0.05) is 13.1 Å². The molecule has 3 rings (SSSR count). The lowest BCUT2D eigenvalue weighted by molar-refractivity contribution is 0.0774. The Morgan fingerprint density at radius 2 is 1.76 bits per heavy atom. The molecule has 2 aromatic heterocycles. The van der Waals surface area contributed by atoms with Gasteiger partial charge in [-0.15, -0.1) is 11.8 Å². The molecule has 3 aromatic rings. The second-order valence-electron chi connectivity index (χ2n) is 7.29. The van der Waals surface area contributed by atoms with Crippen LogP contribution in [0.4, 0.5) is 11.5 Å². The van der Waals surface area contributed by atoms with E-state index in [9.17, 15) is 22.8 Å². The molecule has 0 unspecified atom stereocenters. The van der Waals surface area contributed by atoms with Crippen molar-refractivity contribution in [2.45, 2.75) is 25.8 Å². The van der Waals surface area contributed by atoms with Gasteiger partial charge in [0.05, 0.1) is 16.3 Å². The van der Waals surface area contributed by atoms with E-state index in [-0.39, 0.29) is 28.6 Å². The number of hydrogen-bond donors (Lipinski definition) is 4. The van der Waals surface area contributed by atoms with E-state index in [2.05, 4.69) is 9.71 Å². The zero-order valence-electron chi connectivity index (χ0n) is 19.1. The zero-order valence-corrected chi connectivity index (χ0v) is 20.8. The largest absolute Gasteiger partial charge is 0.384 e. The van der Waals surface area contributed by atoms with E-state index in [0.717, 1.165) is 0 Å². The average molecular weight is 507 g/mol. The Hall–Kier alpha value is -3.45. The first-order chi connectivity index (χ1) is 16.1. The van der Waals surface area contributed by atoms with Crippen LogP contribution in [0.1, 0.15) is 40.1 Å². The van der Waals surface area contributed by atoms with Crippen LogP contribution in [-0.4, -0.2) is 53.9 Å². The Morgan fingerprint density at radius 1 is 1.15 bits per heavy atom. The van der Waals surface area contributed by atoms with Crippen LogP contribution in [0.15, 0.2) is 40.2 Å². The highest BCUT2D eigenvalue weighted by molar-refractivity contribution is 7.98. The molecule has 13 heteroatoms. The number of benzene rings is 1. The smallest absolute Gasteiger partial charge is 0.323 e. The minimum atomic E-state index is -4.35. The first-order valence-electron chi connectivity index (χ1n) is 10.4. The van der Waals surface area contributed by atoms with Gasteiger partial charge in [-0.05, 0) is 44.7 Å². The molecule has 1 aromatic carbocycles. The molecule has 5 N–H and O–H groups in total. The lowest BCUT2D eigenvalue weighted by atomic mass is 10.2. The van der Waals surface area contributed by atoms with Gasteiger partial charge < -0.3 is 15.6 Å². The standard InChI is InChI=1S/C21H26N6O5S2/c1-5-26(6-2)19(29)14-12(3)21(33-4)27-17(14)23-16(22)15(20(27)30)18(28)25-34(31,32)24-13-10-8-7-9-11-13/h7-11,23-24H,5-6,22H2,1-4H3,(H,25,28). The number of nitrogens with one attached hydrogen (secondary N) is 3. The number of carbonyl (C=O) groups excluding carboxylic acids is 2. The second-order valence-corrected chi connectivity index (χ2v) is 9.50. The normalized spacial score (nSPS) is 11.4. The van der Waals surface area contributed by atoms with E-state index in [0.29, 0.717) is 23.7 Å². The monoisotopic (exact) mass is 506 g/mol. The quantitative estimate of drug-likeness (QED) is 0.339. The highest BCUT2D eigenvalue weighted by atomic mass is 32.2. The minimum absolute atomic E-state index is 0.142. The second kappa shape index (κ2) is 9.81. The predicted octanol–water partition coefficient (Wildman–Crippen LogP) is 1.81. The Bertz CT molecular complexity index is 1410. The summed E-state index contributed by atoms with van der Waals surface area (Å²) in [4.78, 5) is 43.7. The summed E-state index contributed by atoms with van der Waals surface area (Å²) in [6.45, 7) is 6.31. The third-order valence-corrected chi connectivity index (χ3v) is 7.07. The molecule has 0 atom stereocenters. The third kappa shape index (κ3) is 4.61. The molecule has 34 heavy (non-hydrogen) atoms. The summed E-state index contributed by atoms with van der Waals surface area (Å²) in [7, 11) is -4.35. The summed E-state index contributed by atoms with van der Waals surface area (Å²) in [5, 5.41) is 0.436. The average Bonchev–Trinajstić information content (AvgIpc) is 3.05. The van der Waals surface area contributed by atoms with E-state index >= 15 is 0 Å². The number of hydrogen-bond acceptors (Lipinski definition) is 7. The first-order valence-corrected chi connectivity index (χ1v) is 13.1. The van der Waals surface area contributed by atoms with Crippen LogP contribution in [0.25, 0.3) is 5.65 Å². The summed E-state index contributed by atoms with van der Waals surface area (Å²) >= 11 is 1.21. The van der Waals surface area contributed by atoms with E-state index in [1.807, 2.05) is 18.6 Å². The van der Waals surface area contributed by atoms with Crippen molar-refractivity contribution in [3.63, 3.8) is 0 Å². The van der Waals surface area contributed by atoms with Crippen LogP contribution in [-0.2, 0) is 10.2 Å². The number of carbonyl (C=O) groups is 2. The maximum absolute atomic E-state index is 13.4. The number of rotatable bonds is 8. The number of amides is 2. The SMILES string of the molecule is CCN(CC)C(=O)c1c(C)c(SC)n2c(=O)c(C(=O)NS(=O)(=O)Nc3ccccc3)c(N)[nH]c12. The Balaban J connectivity index is 2.11. The number of thioether (sulfide) groups is 1. The van der Waals surface area contributed by atoms with Gasteiger partial charge in [-0.2, -0.15) is 8.42 Å². The van der Waals surface area contributed by atoms with Gasteiger partial charge in [0.1, 0.15) is 17.0 Å². The number of H-pyrrole nitrogens is 1. The van der Waals surface area contributed by atoms with Crippen LogP contribution in [0.2, 0.25) is 0 Å². The highest BCUT2D eigenvalue weighted by Gasteiger charge is 2.29. The third-order valence-electron chi connectivity index (χ3n) is 5.24. The van der Waals surface area contributed by atoms with Crippen LogP contribution >= 0.6 is 11.8 Å². The lowest BCUT2D eigenvalue weighted by Crippen LogP contribution is -2.39. The number of aromatic nitrogens is 2. The predicted molar refractivity (Wildman–Crippen MR) is 133 cm³/mol. The maximum Gasteiger partial charge on any atom is 0.323 e. The van der Waals surface area contributed by atoms with Gasteiger partial charge >= 0.3 is 10.2 Å². The molecular formula is C21H26N6O5S2. The van der Waals surface area contributed by atoms with Crippen molar-refractivity contribution in [1.82, 2.24) is 19.0 Å². The summed E-state index contributed by atoms with van der Waals surface area (Å²) in [6, 6.07) is 7.93. The minimum Gasteiger partial charge on any atom is -0.384 e. The van der Waals surface area contributed by atoms with E-state index in [1.54, 1.807) is 36.3 Å². The number of para-hydroxylation sites is 1. The molecule has 2 heterocycles. The number of nitrogens with two attached hydrogens (primary N) is 1. The zero-order chi connectivity index (χ0) is 25.2. The topological polar surface area (TPSA) is 159 Å². The molecule has 0 aliphatic heterocycles. The summed E-state index contributed by atoms with van der Waals surface area (Å²) in [5.41, 5.74) is 5.75. The fraction of sp³-hybridized carbons (Fsp3) is 0.286. The van der Waals surface area contributed by atoms with Crippen molar-refractivity contribution in [2.24, 2.45) is 0 Å². The Morgan fingerprint density at radius 3 is 2.32 bits per heavy atom. The molecular weight excluding hydrogens is 480 g/mol. The molecule has 2 amide bonds. The molecule has 182 valence electrons. The molecule has 0 aliphatic rings. The lowest BCUT2D eigenvalue weighted by Gasteiger charge is -2.18. The molecule has 0 saturated heterocycles. The van der Waals surface area contributed by atoms with Crippen LogP contribution in [0, 0.1) is 6.92 Å². The van der Waals surface area contributed by atoms with E-state index in [1.165, 1.54) is 28.3 Å². The number of aromatic amines is 1. The fourth-order valence-electron chi connectivity index (χ4n) is 3.65. The number of nitrogen functional groups attached to an aromatic ring is 1. The molecule has 0 radical (unpaired) electrons. The summed E-state index contributed by atoms with van der Waals surface area (Å²) < 4.78 is 30.0. The molecule has 0 aliphatic carbocycles. The van der Waals surface area contributed by atoms with Crippen molar-refractivity contribution < 1.29 is 18.0 Å². The molecule has 11 nitrogen and oxygen atoms in total. The summed E-state index contributed by atoms with van der Waals surface area (Å²) in [5.74, 6) is -1.86. The van der Waals surface area contributed by atoms with Crippen molar-refractivity contribution in [1.29, 1.82) is 0 Å². The number of fused-ring (bicyclic) bond motifs is 1. The Kier molecular flexibility index (Phi) is 7.26.